The molecule has 4 rings (SSSR count). The minimum Gasteiger partial charge on any atom is -0.325 e. The maximum atomic E-state index is 13.3. The van der Waals surface area contributed by atoms with Crippen molar-refractivity contribution < 1.29 is 26.0 Å². The van der Waals surface area contributed by atoms with Crippen molar-refractivity contribution in [1.29, 1.82) is 0 Å². The van der Waals surface area contributed by atoms with Gasteiger partial charge in [0.2, 0.25) is 5.91 Å². The molecule has 190 valence electrons. The van der Waals surface area contributed by atoms with Gasteiger partial charge in [-0.3, -0.25) is 13.8 Å². The zero-order valence-corrected chi connectivity index (χ0v) is 20.8. The molecular weight excluding hydrogens is 519 g/mol. The van der Waals surface area contributed by atoms with Crippen molar-refractivity contribution in [3.8, 4) is 0 Å². The van der Waals surface area contributed by atoms with Crippen molar-refractivity contribution in [3.63, 3.8) is 0 Å². The Morgan fingerprint density at radius 3 is 2.03 bits per heavy atom. The lowest BCUT2D eigenvalue weighted by Crippen LogP contribution is -2.38. The number of aromatic nitrogens is 1. The van der Waals surface area contributed by atoms with Crippen LogP contribution in [0, 0.1) is 5.82 Å². The van der Waals surface area contributed by atoms with Crippen molar-refractivity contribution in [3.05, 3.63) is 109 Å². The molecule has 0 fully saturated rings. The third kappa shape index (κ3) is 6.29. The molecule has 0 aliphatic rings. The molecule has 12 heteroatoms. The zero-order chi connectivity index (χ0) is 26.5. The van der Waals surface area contributed by atoms with E-state index >= 15 is 0 Å². The number of anilines is 3. The standard InChI is InChI=1S/C25H21FN4O5S2/c26-19-9-13-23(14-10-19)37(34,35)30(21-6-2-1-3-7-21)18-25(31)28-20-11-15-22(16-12-20)36(32,33)29-24-8-4-5-17-27-24/h1-17H,18H2,(H,27,29)(H,28,31). The number of carbonyl (C=O) groups is 1. The van der Waals surface area contributed by atoms with Crippen LogP contribution in [-0.2, 0) is 24.8 Å². The van der Waals surface area contributed by atoms with Crippen molar-refractivity contribution in [2.24, 2.45) is 0 Å². The van der Waals surface area contributed by atoms with Crippen molar-refractivity contribution in [2.45, 2.75) is 9.79 Å². The summed E-state index contributed by atoms with van der Waals surface area (Å²) in [6, 6.07) is 22.4. The van der Waals surface area contributed by atoms with Gasteiger partial charge in [-0.25, -0.2) is 26.2 Å². The van der Waals surface area contributed by atoms with E-state index < -0.39 is 38.3 Å². The van der Waals surface area contributed by atoms with Gasteiger partial charge in [-0.05, 0) is 72.8 Å². The molecule has 1 heterocycles. The number of benzene rings is 3. The van der Waals surface area contributed by atoms with E-state index in [-0.39, 0.29) is 27.0 Å². The number of hydrogen-bond donors (Lipinski definition) is 2. The Morgan fingerprint density at radius 2 is 1.41 bits per heavy atom. The summed E-state index contributed by atoms with van der Waals surface area (Å²) in [4.78, 5) is 16.5. The van der Waals surface area contributed by atoms with E-state index in [9.17, 15) is 26.0 Å². The van der Waals surface area contributed by atoms with Crippen LogP contribution in [0.2, 0.25) is 0 Å². The van der Waals surface area contributed by atoms with E-state index in [1.165, 1.54) is 48.7 Å². The highest BCUT2D eigenvalue weighted by atomic mass is 32.2. The largest absolute Gasteiger partial charge is 0.325 e. The first-order chi connectivity index (χ1) is 17.6. The first-order valence-electron chi connectivity index (χ1n) is 10.8. The van der Waals surface area contributed by atoms with Crippen LogP contribution in [0.3, 0.4) is 0 Å². The van der Waals surface area contributed by atoms with E-state index in [1.807, 2.05) is 0 Å². The summed E-state index contributed by atoms with van der Waals surface area (Å²) >= 11 is 0. The second-order valence-corrected chi connectivity index (χ2v) is 11.2. The smallest absolute Gasteiger partial charge is 0.264 e. The van der Waals surface area contributed by atoms with E-state index in [0.717, 1.165) is 28.6 Å². The van der Waals surface area contributed by atoms with Gasteiger partial charge in [-0.1, -0.05) is 24.3 Å². The van der Waals surface area contributed by atoms with Crippen LogP contribution >= 0.6 is 0 Å². The fraction of sp³-hybridized carbons (Fsp3) is 0.0400. The highest BCUT2D eigenvalue weighted by Gasteiger charge is 2.27. The Morgan fingerprint density at radius 1 is 0.784 bits per heavy atom. The van der Waals surface area contributed by atoms with Crippen molar-refractivity contribution in [2.75, 3.05) is 20.9 Å². The normalized spacial score (nSPS) is 11.5. The molecule has 0 aliphatic carbocycles. The van der Waals surface area contributed by atoms with Crippen LogP contribution in [0.15, 0.2) is 113 Å². The molecule has 37 heavy (non-hydrogen) atoms. The third-order valence-corrected chi connectivity index (χ3v) is 8.24. The minimum atomic E-state index is -4.20. The fourth-order valence-corrected chi connectivity index (χ4v) is 5.74. The summed E-state index contributed by atoms with van der Waals surface area (Å²) < 4.78 is 68.3. The summed E-state index contributed by atoms with van der Waals surface area (Å²) in [5.41, 5.74) is 0.498. The third-order valence-electron chi connectivity index (χ3n) is 5.09. The van der Waals surface area contributed by atoms with Gasteiger partial charge in [0.25, 0.3) is 20.0 Å². The fourth-order valence-electron chi connectivity index (χ4n) is 3.31. The molecule has 0 saturated carbocycles. The van der Waals surface area contributed by atoms with Gasteiger partial charge < -0.3 is 5.32 Å². The highest BCUT2D eigenvalue weighted by Crippen LogP contribution is 2.24. The molecule has 0 bridgehead atoms. The molecular formula is C25H21FN4O5S2. The Hall–Kier alpha value is -4.29. The molecule has 4 aromatic rings. The lowest BCUT2D eigenvalue weighted by molar-refractivity contribution is -0.114. The van der Waals surface area contributed by atoms with Gasteiger partial charge in [0, 0.05) is 11.9 Å². The highest BCUT2D eigenvalue weighted by molar-refractivity contribution is 7.93. The number of amides is 1. The number of pyridine rings is 1. The Bertz CT molecular complexity index is 1580. The van der Waals surface area contributed by atoms with Crippen LogP contribution in [-0.4, -0.2) is 34.3 Å². The van der Waals surface area contributed by atoms with Crippen LogP contribution < -0.4 is 14.3 Å². The summed E-state index contributed by atoms with van der Waals surface area (Å²) in [7, 11) is -8.11. The maximum absolute atomic E-state index is 13.3. The second kappa shape index (κ2) is 10.8. The van der Waals surface area contributed by atoms with Gasteiger partial charge in [-0.2, -0.15) is 0 Å². The first kappa shape index (κ1) is 25.8. The molecule has 3 aromatic carbocycles. The topological polar surface area (TPSA) is 126 Å². The van der Waals surface area contributed by atoms with Crippen LogP contribution in [0.1, 0.15) is 0 Å². The predicted molar refractivity (Wildman–Crippen MR) is 137 cm³/mol. The summed E-state index contributed by atoms with van der Waals surface area (Å²) in [5.74, 6) is -1.11. The number of carbonyl (C=O) groups excluding carboxylic acids is 1. The van der Waals surface area contributed by atoms with Crippen LogP contribution in [0.25, 0.3) is 0 Å². The van der Waals surface area contributed by atoms with Crippen LogP contribution in [0.4, 0.5) is 21.6 Å². The molecule has 1 amide bonds. The van der Waals surface area contributed by atoms with Crippen molar-refractivity contribution in [1.82, 2.24) is 4.98 Å². The maximum Gasteiger partial charge on any atom is 0.264 e. The quantitative estimate of drug-likeness (QED) is 0.332. The minimum absolute atomic E-state index is 0.0547. The molecule has 0 unspecified atom stereocenters. The number of nitrogens with one attached hydrogen (secondary N) is 2. The Labute approximate surface area is 213 Å². The average Bonchev–Trinajstić information content (AvgIpc) is 2.88. The predicted octanol–water partition coefficient (Wildman–Crippen LogP) is 3.86. The number of rotatable bonds is 9. The van der Waals surface area contributed by atoms with Gasteiger partial charge in [-0.15, -0.1) is 0 Å². The summed E-state index contributed by atoms with van der Waals surface area (Å²) in [5, 5.41) is 2.57. The van der Waals surface area contributed by atoms with E-state index in [1.54, 1.807) is 30.3 Å². The number of sulfonamides is 2. The Balaban J connectivity index is 1.51. The van der Waals surface area contributed by atoms with E-state index in [4.69, 9.17) is 0 Å². The molecule has 0 spiro atoms. The number of hydrogen-bond acceptors (Lipinski definition) is 6. The second-order valence-electron chi connectivity index (χ2n) is 7.69. The molecule has 0 atom stereocenters. The SMILES string of the molecule is O=C(CN(c1ccccc1)S(=O)(=O)c1ccc(F)cc1)Nc1ccc(S(=O)(=O)Nc2ccccn2)cc1. The summed E-state index contributed by atoms with van der Waals surface area (Å²) in [6.07, 6.45) is 1.45. The van der Waals surface area contributed by atoms with Gasteiger partial charge in [0.1, 0.15) is 18.2 Å². The first-order valence-corrected chi connectivity index (χ1v) is 13.7. The number of para-hydroxylation sites is 1. The monoisotopic (exact) mass is 540 g/mol. The van der Waals surface area contributed by atoms with Gasteiger partial charge in [0.05, 0.1) is 15.5 Å². The Kier molecular flexibility index (Phi) is 7.50. The average molecular weight is 541 g/mol. The molecule has 0 saturated heterocycles. The van der Waals surface area contributed by atoms with Gasteiger partial charge >= 0.3 is 0 Å². The zero-order valence-electron chi connectivity index (χ0n) is 19.2. The molecule has 9 nitrogen and oxygen atoms in total. The molecule has 1 aromatic heterocycles. The molecule has 0 aliphatic heterocycles. The van der Waals surface area contributed by atoms with Crippen LogP contribution in [0.5, 0.6) is 0 Å². The number of nitrogens with zero attached hydrogens (tertiary/aromatic N) is 2. The lowest BCUT2D eigenvalue weighted by Gasteiger charge is -2.24. The summed E-state index contributed by atoms with van der Waals surface area (Å²) in [6.45, 7) is -0.578. The van der Waals surface area contributed by atoms with E-state index in [2.05, 4.69) is 15.0 Å². The molecule has 2 N–H and O–H groups in total. The van der Waals surface area contributed by atoms with E-state index in [0.29, 0.717) is 0 Å². The van der Waals surface area contributed by atoms with Gasteiger partial charge in [0.15, 0.2) is 0 Å². The number of halogens is 1. The lowest BCUT2D eigenvalue weighted by atomic mass is 10.3. The van der Waals surface area contributed by atoms with Crippen molar-refractivity contribution >= 4 is 43.1 Å². The molecule has 0 radical (unpaired) electrons.